The summed E-state index contributed by atoms with van der Waals surface area (Å²) in [6.07, 6.45) is 1.13. The van der Waals surface area contributed by atoms with Crippen LogP contribution in [0.5, 0.6) is 0 Å². The summed E-state index contributed by atoms with van der Waals surface area (Å²) in [7, 11) is 0. The predicted molar refractivity (Wildman–Crippen MR) is 71.6 cm³/mol. The fourth-order valence-corrected chi connectivity index (χ4v) is 2.22. The number of nitrogens with zero attached hydrogens (tertiary/aromatic N) is 1. The van der Waals surface area contributed by atoms with Crippen LogP contribution in [-0.2, 0) is 6.54 Å². The summed E-state index contributed by atoms with van der Waals surface area (Å²) in [6.45, 7) is 5.39. The third kappa shape index (κ3) is 2.30. The van der Waals surface area contributed by atoms with Gasteiger partial charge in [-0.25, -0.2) is 0 Å². The zero-order valence-corrected chi connectivity index (χ0v) is 11.0. The van der Waals surface area contributed by atoms with Gasteiger partial charge in [-0.15, -0.1) is 0 Å². The van der Waals surface area contributed by atoms with Crippen molar-refractivity contribution >= 4 is 34.9 Å². The highest BCUT2D eigenvalue weighted by Gasteiger charge is 2.05. The van der Waals surface area contributed by atoms with Crippen LogP contribution >= 0.6 is 23.8 Å². The number of halogens is 1. The average molecular weight is 255 g/mol. The van der Waals surface area contributed by atoms with Crippen molar-refractivity contribution in [1.29, 1.82) is 0 Å². The summed E-state index contributed by atoms with van der Waals surface area (Å²) >= 11 is 11.3. The Morgan fingerprint density at radius 3 is 2.88 bits per heavy atom. The monoisotopic (exact) mass is 254 g/mol. The molecule has 0 saturated carbocycles. The third-order valence-corrected chi connectivity index (χ3v) is 3.22. The van der Waals surface area contributed by atoms with Crippen molar-refractivity contribution in [3.8, 4) is 0 Å². The molecule has 0 radical (unpaired) electrons. The molecular formula is C12H15ClN2S. The number of imidazole rings is 1. The molecule has 0 fully saturated rings. The van der Waals surface area contributed by atoms with Gasteiger partial charge in [-0.05, 0) is 42.8 Å². The fourth-order valence-electron chi connectivity index (χ4n) is 1.75. The molecule has 1 heterocycles. The van der Waals surface area contributed by atoms with Crippen molar-refractivity contribution in [2.75, 3.05) is 0 Å². The van der Waals surface area contributed by atoms with Gasteiger partial charge in [-0.3, -0.25) is 0 Å². The highest BCUT2D eigenvalue weighted by atomic mass is 35.5. The molecule has 0 aliphatic heterocycles. The molecule has 16 heavy (non-hydrogen) atoms. The molecule has 1 N–H and O–H groups in total. The van der Waals surface area contributed by atoms with E-state index in [4.69, 9.17) is 23.8 Å². The molecule has 0 unspecified atom stereocenters. The number of fused-ring (bicyclic) bond motifs is 1. The lowest BCUT2D eigenvalue weighted by atomic mass is 10.1. The first-order valence-electron chi connectivity index (χ1n) is 5.46. The molecule has 0 bridgehead atoms. The standard InChI is InChI=1S/C12H15ClN2S/c1-8(2)5-6-15-11-4-3-9(13)7-10(11)14-12(15)16/h3-4,7-8H,5-6H2,1-2H3,(H,14,16). The van der Waals surface area contributed by atoms with Crippen molar-refractivity contribution in [1.82, 2.24) is 9.55 Å². The van der Waals surface area contributed by atoms with Gasteiger partial charge in [0.1, 0.15) is 0 Å². The second-order valence-electron chi connectivity index (χ2n) is 4.43. The first-order chi connectivity index (χ1) is 7.58. The second-order valence-corrected chi connectivity index (χ2v) is 5.25. The number of hydrogen-bond acceptors (Lipinski definition) is 1. The smallest absolute Gasteiger partial charge is 0.178 e. The summed E-state index contributed by atoms with van der Waals surface area (Å²) in [5, 5.41) is 0.736. The summed E-state index contributed by atoms with van der Waals surface area (Å²) < 4.78 is 2.92. The van der Waals surface area contributed by atoms with Crippen LogP contribution in [0.15, 0.2) is 18.2 Å². The molecule has 0 amide bonds. The number of aromatic nitrogens is 2. The fraction of sp³-hybridized carbons (Fsp3) is 0.417. The molecule has 1 aromatic carbocycles. The normalized spacial score (nSPS) is 11.5. The molecule has 0 saturated heterocycles. The van der Waals surface area contributed by atoms with Gasteiger partial charge in [0, 0.05) is 11.6 Å². The van der Waals surface area contributed by atoms with Gasteiger partial charge in [0.05, 0.1) is 11.0 Å². The van der Waals surface area contributed by atoms with Crippen LogP contribution in [0.3, 0.4) is 0 Å². The first-order valence-corrected chi connectivity index (χ1v) is 6.24. The third-order valence-electron chi connectivity index (χ3n) is 2.67. The van der Waals surface area contributed by atoms with E-state index in [1.54, 1.807) is 0 Å². The van der Waals surface area contributed by atoms with E-state index in [-0.39, 0.29) is 0 Å². The number of aromatic amines is 1. The SMILES string of the molecule is CC(C)CCn1c(=S)[nH]c2cc(Cl)ccc21. The van der Waals surface area contributed by atoms with E-state index in [1.165, 1.54) is 0 Å². The molecule has 0 atom stereocenters. The Labute approximate surface area is 105 Å². The van der Waals surface area contributed by atoms with Crippen LogP contribution in [0.1, 0.15) is 20.3 Å². The average Bonchev–Trinajstić information content (AvgIpc) is 2.50. The highest BCUT2D eigenvalue weighted by molar-refractivity contribution is 7.71. The van der Waals surface area contributed by atoms with Gasteiger partial charge < -0.3 is 9.55 Å². The Hall–Kier alpha value is -0.800. The van der Waals surface area contributed by atoms with E-state index >= 15 is 0 Å². The van der Waals surface area contributed by atoms with Crippen LogP contribution in [0.2, 0.25) is 5.02 Å². The van der Waals surface area contributed by atoms with Gasteiger partial charge in [0.25, 0.3) is 0 Å². The molecule has 2 aromatic rings. The molecule has 1 aromatic heterocycles. The van der Waals surface area contributed by atoms with Crippen LogP contribution in [-0.4, -0.2) is 9.55 Å². The number of benzene rings is 1. The maximum absolute atomic E-state index is 5.94. The maximum Gasteiger partial charge on any atom is 0.178 e. The van der Waals surface area contributed by atoms with Crippen LogP contribution in [0, 0.1) is 10.7 Å². The maximum atomic E-state index is 5.94. The van der Waals surface area contributed by atoms with Crippen LogP contribution in [0.4, 0.5) is 0 Å². The van der Waals surface area contributed by atoms with E-state index in [0.717, 1.165) is 33.8 Å². The molecule has 2 rings (SSSR count). The van der Waals surface area contributed by atoms with Gasteiger partial charge >= 0.3 is 0 Å². The van der Waals surface area contributed by atoms with Crippen molar-refractivity contribution < 1.29 is 0 Å². The largest absolute Gasteiger partial charge is 0.331 e. The van der Waals surface area contributed by atoms with Gasteiger partial charge in [-0.2, -0.15) is 0 Å². The molecule has 0 aliphatic rings. The lowest BCUT2D eigenvalue weighted by Gasteiger charge is -2.06. The summed E-state index contributed by atoms with van der Waals surface area (Å²) in [5.74, 6) is 0.680. The molecule has 86 valence electrons. The highest BCUT2D eigenvalue weighted by Crippen LogP contribution is 2.19. The van der Waals surface area contributed by atoms with Crippen molar-refractivity contribution in [2.24, 2.45) is 5.92 Å². The van der Waals surface area contributed by atoms with Crippen LogP contribution < -0.4 is 0 Å². The van der Waals surface area contributed by atoms with Gasteiger partial charge in [-0.1, -0.05) is 25.4 Å². The molecule has 4 heteroatoms. The molecule has 2 nitrogen and oxygen atoms in total. The topological polar surface area (TPSA) is 20.7 Å². The van der Waals surface area contributed by atoms with Crippen LogP contribution in [0.25, 0.3) is 11.0 Å². The zero-order chi connectivity index (χ0) is 11.7. The summed E-state index contributed by atoms with van der Waals surface area (Å²) in [4.78, 5) is 3.18. The lowest BCUT2D eigenvalue weighted by molar-refractivity contribution is 0.520. The number of H-pyrrole nitrogens is 1. The zero-order valence-electron chi connectivity index (χ0n) is 9.46. The number of hydrogen-bond donors (Lipinski definition) is 1. The number of rotatable bonds is 3. The molecule has 0 spiro atoms. The number of nitrogens with one attached hydrogen (secondary N) is 1. The second kappa shape index (κ2) is 4.60. The molecule has 0 aliphatic carbocycles. The van der Waals surface area contributed by atoms with Gasteiger partial charge in [0.2, 0.25) is 0 Å². The Balaban J connectivity index is 2.44. The predicted octanol–water partition coefficient (Wildman–Crippen LogP) is 4.40. The minimum absolute atomic E-state index is 0.680. The van der Waals surface area contributed by atoms with E-state index in [9.17, 15) is 0 Å². The lowest BCUT2D eigenvalue weighted by Crippen LogP contribution is -2.01. The summed E-state index contributed by atoms with van der Waals surface area (Å²) in [6, 6.07) is 5.83. The quantitative estimate of drug-likeness (QED) is 0.806. The minimum atomic E-state index is 0.680. The minimum Gasteiger partial charge on any atom is -0.331 e. The van der Waals surface area contributed by atoms with E-state index in [1.807, 2.05) is 18.2 Å². The summed E-state index contributed by atoms with van der Waals surface area (Å²) in [5.41, 5.74) is 2.15. The Kier molecular flexibility index (Phi) is 3.36. The van der Waals surface area contributed by atoms with E-state index in [2.05, 4.69) is 23.4 Å². The van der Waals surface area contributed by atoms with Gasteiger partial charge in [0.15, 0.2) is 4.77 Å². The number of aryl methyl sites for hydroxylation is 1. The van der Waals surface area contributed by atoms with E-state index < -0.39 is 0 Å². The molecular weight excluding hydrogens is 240 g/mol. The van der Waals surface area contributed by atoms with Crippen molar-refractivity contribution in [3.63, 3.8) is 0 Å². The Morgan fingerprint density at radius 2 is 2.19 bits per heavy atom. The Bertz CT molecular complexity index is 554. The van der Waals surface area contributed by atoms with E-state index in [0.29, 0.717) is 5.92 Å². The van der Waals surface area contributed by atoms with Crippen molar-refractivity contribution in [3.05, 3.63) is 28.0 Å². The van der Waals surface area contributed by atoms with Crippen molar-refractivity contribution in [2.45, 2.75) is 26.8 Å². The first kappa shape index (κ1) is 11.7. The Morgan fingerprint density at radius 1 is 1.44 bits per heavy atom.